The van der Waals surface area contributed by atoms with E-state index in [-0.39, 0.29) is 35.5 Å². The van der Waals surface area contributed by atoms with Gasteiger partial charge in [0.1, 0.15) is 18.3 Å². The average Bonchev–Trinajstić information content (AvgIpc) is 2.93. The number of anilines is 1. The van der Waals surface area contributed by atoms with Crippen LogP contribution in [0.1, 0.15) is 25.0 Å². The number of halogens is 2. The summed E-state index contributed by atoms with van der Waals surface area (Å²) in [4.78, 5) is 29.1. The molecule has 0 unspecified atom stereocenters. The second-order valence-electron chi connectivity index (χ2n) is 10.1. The number of methoxy groups -OCH3 is 1. The number of rotatable bonds is 13. The lowest BCUT2D eigenvalue weighted by molar-refractivity contribution is -0.140. The first-order chi connectivity index (χ1) is 19.4. The zero-order valence-electron chi connectivity index (χ0n) is 23.5. The number of hydrogen-bond acceptors (Lipinski definition) is 5. The highest BCUT2D eigenvalue weighted by Gasteiger charge is 2.33. The normalized spacial score (nSPS) is 12.1. The van der Waals surface area contributed by atoms with Crippen LogP contribution in [0.5, 0.6) is 5.75 Å². The topological polar surface area (TPSA) is 96.0 Å². The standard InChI is InChI=1S/C30H35Cl2N3O5S/c1-21(2)18-33-30(37)27(16-22-8-6-5-7-9-22)34(19-23-10-12-24(31)13-11-23)29(36)20-35(41(4,38)39)25-14-15-28(40-3)26(32)17-25/h5-15,17,21,27H,16,18-20H2,1-4H3,(H,33,37)/t27-/m0/s1. The molecule has 0 saturated carbocycles. The lowest BCUT2D eigenvalue weighted by atomic mass is 10.0. The Bertz CT molecular complexity index is 1430. The van der Waals surface area contributed by atoms with Gasteiger partial charge in [0.2, 0.25) is 21.8 Å². The molecule has 0 aromatic heterocycles. The Balaban J connectivity index is 2.05. The van der Waals surface area contributed by atoms with Crippen molar-refractivity contribution in [1.82, 2.24) is 10.2 Å². The van der Waals surface area contributed by atoms with Crippen LogP contribution >= 0.6 is 23.2 Å². The Hall–Kier alpha value is -3.27. The van der Waals surface area contributed by atoms with E-state index in [2.05, 4.69) is 5.32 Å². The third kappa shape index (κ3) is 9.38. The number of carbonyl (C=O) groups excluding carboxylic acids is 2. The van der Waals surface area contributed by atoms with Gasteiger partial charge in [-0.1, -0.05) is 79.5 Å². The van der Waals surface area contributed by atoms with Gasteiger partial charge in [-0.15, -0.1) is 0 Å². The Morgan fingerprint density at radius 2 is 1.61 bits per heavy atom. The van der Waals surface area contributed by atoms with E-state index in [0.717, 1.165) is 21.7 Å². The zero-order valence-corrected chi connectivity index (χ0v) is 25.8. The predicted molar refractivity (Wildman–Crippen MR) is 164 cm³/mol. The van der Waals surface area contributed by atoms with Crippen molar-refractivity contribution in [3.8, 4) is 5.75 Å². The van der Waals surface area contributed by atoms with Gasteiger partial charge in [0.25, 0.3) is 0 Å². The van der Waals surface area contributed by atoms with Crippen molar-refractivity contribution in [2.24, 2.45) is 5.92 Å². The smallest absolute Gasteiger partial charge is 0.244 e. The van der Waals surface area contributed by atoms with Crippen molar-refractivity contribution < 1.29 is 22.7 Å². The van der Waals surface area contributed by atoms with E-state index in [0.29, 0.717) is 17.3 Å². The second-order valence-corrected chi connectivity index (χ2v) is 12.8. The summed E-state index contributed by atoms with van der Waals surface area (Å²) in [6.07, 6.45) is 1.25. The number of sulfonamides is 1. The summed E-state index contributed by atoms with van der Waals surface area (Å²) in [6, 6.07) is 19.9. The van der Waals surface area contributed by atoms with Crippen molar-refractivity contribution in [3.05, 3.63) is 94.0 Å². The summed E-state index contributed by atoms with van der Waals surface area (Å²) in [5.74, 6) is -0.331. The fourth-order valence-electron chi connectivity index (χ4n) is 4.19. The summed E-state index contributed by atoms with van der Waals surface area (Å²) < 4.78 is 32.0. The average molecular weight is 621 g/mol. The van der Waals surface area contributed by atoms with Crippen LogP contribution in [-0.4, -0.2) is 57.6 Å². The van der Waals surface area contributed by atoms with E-state index in [9.17, 15) is 18.0 Å². The predicted octanol–water partition coefficient (Wildman–Crippen LogP) is 5.18. The monoisotopic (exact) mass is 619 g/mol. The van der Waals surface area contributed by atoms with Crippen LogP contribution in [0.3, 0.4) is 0 Å². The summed E-state index contributed by atoms with van der Waals surface area (Å²) in [7, 11) is -2.47. The molecule has 2 amide bonds. The molecule has 0 aliphatic rings. The Kier molecular flexibility index (Phi) is 11.5. The maximum atomic E-state index is 14.1. The molecule has 220 valence electrons. The minimum atomic E-state index is -3.92. The maximum Gasteiger partial charge on any atom is 0.244 e. The number of benzene rings is 3. The molecule has 0 fully saturated rings. The number of ether oxygens (including phenoxy) is 1. The summed E-state index contributed by atoms with van der Waals surface area (Å²) in [5, 5.41) is 3.67. The van der Waals surface area contributed by atoms with E-state index < -0.39 is 28.5 Å². The van der Waals surface area contributed by atoms with Crippen LogP contribution in [-0.2, 0) is 32.6 Å². The quantitative estimate of drug-likeness (QED) is 0.284. The van der Waals surface area contributed by atoms with Crippen molar-refractivity contribution in [2.75, 3.05) is 30.8 Å². The number of nitrogens with one attached hydrogen (secondary N) is 1. The Morgan fingerprint density at radius 1 is 0.951 bits per heavy atom. The number of nitrogens with zero attached hydrogens (tertiary/aromatic N) is 2. The van der Waals surface area contributed by atoms with Gasteiger partial charge >= 0.3 is 0 Å². The zero-order chi connectivity index (χ0) is 30.2. The summed E-state index contributed by atoms with van der Waals surface area (Å²) in [5.41, 5.74) is 1.78. The third-order valence-electron chi connectivity index (χ3n) is 6.32. The van der Waals surface area contributed by atoms with Crippen molar-refractivity contribution >= 4 is 50.7 Å². The minimum Gasteiger partial charge on any atom is -0.495 e. The molecule has 0 heterocycles. The van der Waals surface area contributed by atoms with Gasteiger partial charge in [-0.05, 0) is 47.4 Å². The van der Waals surface area contributed by atoms with Gasteiger partial charge < -0.3 is 15.0 Å². The number of hydrogen-bond donors (Lipinski definition) is 1. The molecule has 3 rings (SSSR count). The molecule has 0 aliphatic carbocycles. The molecule has 0 bridgehead atoms. The molecule has 0 aliphatic heterocycles. The van der Waals surface area contributed by atoms with E-state index in [1.807, 2.05) is 44.2 Å². The molecule has 1 N–H and O–H groups in total. The van der Waals surface area contributed by atoms with E-state index in [1.54, 1.807) is 24.3 Å². The molecule has 0 spiro atoms. The molecule has 11 heteroatoms. The van der Waals surface area contributed by atoms with Gasteiger partial charge in [0.05, 0.1) is 24.1 Å². The van der Waals surface area contributed by atoms with E-state index >= 15 is 0 Å². The van der Waals surface area contributed by atoms with Crippen LogP contribution in [0.25, 0.3) is 0 Å². The van der Waals surface area contributed by atoms with Crippen LogP contribution in [0.4, 0.5) is 5.69 Å². The molecule has 1 atom stereocenters. The van der Waals surface area contributed by atoms with E-state index in [1.165, 1.54) is 30.2 Å². The van der Waals surface area contributed by atoms with Gasteiger partial charge in [-0.3, -0.25) is 13.9 Å². The highest BCUT2D eigenvalue weighted by atomic mass is 35.5. The Morgan fingerprint density at radius 3 is 2.17 bits per heavy atom. The lowest BCUT2D eigenvalue weighted by Gasteiger charge is -2.33. The first-order valence-corrected chi connectivity index (χ1v) is 15.7. The molecule has 8 nitrogen and oxygen atoms in total. The fraction of sp³-hybridized carbons (Fsp3) is 0.333. The van der Waals surface area contributed by atoms with Crippen LogP contribution in [0.2, 0.25) is 10.0 Å². The molecular weight excluding hydrogens is 585 g/mol. The molecule has 0 saturated heterocycles. The van der Waals surface area contributed by atoms with Crippen LogP contribution in [0.15, 0.2) is 72.8 Å². The molecule has 41 heavy (non-hydrogen) atoms. The number of amides is 2. The third-order valence-corrected chi connectivity index (χ3v) is 8.01. The fourth-order valence-corrected chi connectivity index (χ4v) is 5.41. The Labute approximate surface area is 252 Å². The van der Waals surface area contributed by atoms with Gasteiger partial charge in [0.15, 0.2) is 0 Å². The first-order valence-electron chi connectivity index (χ1n) is 13.1. The van der Waals surface area contributed by atoms with Gasteiger partial charge in [-0.25, -0.2) is 8.42 Å². The molecule has 3 aromatic carbocycles. The van der Waals surface area contributed by atoms with Gasteiger partial charge in [-0.2, -0.15) is 0 Å². The van der Waals surface area contributed by atoms with Crippen molar-refractivity contribution in [1.29, 1.82) is 0 Å². The first kappa shape index (κ1) is 32.2. The molecule has 3 aromatic rings. The minimum absolute atomic E-state index is 0.0591. The largest absolute Gasteiger partial charge is 0.495 e. The molecular formula is C30H35Cl2N3O5S. The summed E-state index contributed by atoms with van der Waals surface area (Å²) in [6.45, 7) is 3.90. The molecule has 0 radical (unpaired) electrons. The van der Waals surface area contributed by atoms with E-state index in [4.69, 9.17) is 27.9 Å². The maximum absolute atomic E-state index is 14.1. The lowest BCUT2D eigenvalue weighted by Crippen LogP contribution is -2.53. The number of carbonyl (C=O) groups is 2. The second kappa shape index (κ2) is 14.6. The van der Waals surface area contributed by atoms with Crippen LogP contribution in [0, 0.1) is 5.92 Å². The SMILES string of the molecule is COc1ccc(N(CC(=O)N(Cc2ccc(Cl)cc2)[C@@H](Cc2ccccc2)C(=O)NCC(C)C)S(C)(=O)=O)cc1Cl. The van der Waals surface area contributed by atoms with Gasteiger partial charge in [0, 0.05) is 24.5 Å². The van der Waals surface area contributed by atoms with Crippen LogP contribution < -0.4 is 14.4 Å². The highest BCUT2D eigenvalue weighted by molar-refractivity contribution is 7.92. The summed E-state index contributed by atoms with van der Waals surface area (Å²) >= 11 is 12.4. The van der Waals surface area contributed by atoms with Crippen molar-refractivity contribution in [3.63, 3.8) is 0 Å². The van der Waals surface area contributed by atoms with Crippen molar-refractivity contribution in [2.45, 2.75) is 32.9 Å². The highest BCUT2D eigenvalue weighted by Crippen LogP contribution is 2.30.